The first-order chi connectivity index (χ1) is 10.8. The lowest BCUT2D eigenvalue weighted by Crippen LogP contribution is -2.31. The molecule has 1 saturated heterocycles. The molecule has 0 aliphatic carbocycles. The second-order valence-corrected chi connectivity index (χ2v) is 5.29. The van der Waals surface area contributed by atoms with E-state index in [1.807, 2.05) is 0 Å². The van der Waals surface area contributed by atoms with Gasteiger partial charge < -0.3 is 14.8 Å². The van der Waals surface area contributed by atoms with E-state index in [4.69, 9.17) is 9.47 Å². The van der Waals surface area contributed by atoms with Crippen LogP contribution < -0.4 is 5.32 Å². The van der Waals surface area contributed by atoms with Crippen LogP contribution in [0.5, 0.6) is 0 Å². The standard InChI is InChI=1S/C15H17F4NO3/c1-9(23-8-11-3-2-6-22-11)14(21)20-13-7-10(15(17,18)19)4-5-12(13)16/h4-5,7,9,11H,2-3,6,8H2,1H3,(H,20,21)/t9-,11-/m0/s1. The smallest absolute Gasteiger partial charge is 0.376 e. The summed E-state index contributed by atoms with van der Waals surface area (Å²) in [4.78, 5) is 11.9. The van der Waals surface area contributed by atoms with Gasteiger partial charge in [-0.2, -0.15) is 13.2 Å². The highest BCUT2D eigenvalue weighted by Gasteiger charge is 2.31. The van der Waals surface area contributed by atoms with E-state index < -0.39 is 35.3 Å². The average Bonchev–Trinajstić information content (AvgIpc) is 2.99. The number of hydrogen-bond donors (Lipinski definition) is 1. The van der Waals surface area contributed by atoms with Gasteiger partial charge in [0, 0.05) is 6.61 Å². The van der Waals surface area contributed by atoms with Crippen LogP contribution in [0.25, 0.3) is 0 Å². The van der Waals surface area contributed by atoms with E-state index in [-0.39, 0.29) is 12.7 Å². The van der Waals surface area contributed by atoms with E-state index in [1.54, 1.807) is 0 Å². The normalized spacial score (nSPS) is 19.6. The van der Waals surface area contributed by atoms with Crippen LogP contribution in [-0.2, 0) is 20.4 Å². The number of hydrogen-bond acceptors (Lipinski definition) is 3. The highest BCUT2D eigenvalue weighted by Crippen LogP contribution is 2.31. The molecule has 0 bridgehead atoms. The summed E-state index contributed by atoms with van der Waals surface area (Å²) in [6, 6.07) is 1.83. The SMILES string of the molecule is C[C@H](OC[C@@H]1CCCO1)C(=O)Nc1cc(C(F)(F)F)ccc1F. The van der Waals surface area contributed by atoms with Crippen molar-refractivity contribution in [3.63, 3.8) is 0 Å². The summed E-state index contributed by atoms with van der Waals surface area (Å²) in [7, 11) is 0. The average molecular weight is 335 g/mol. The maximum Gasteiger partial charge on any atom is 0.416 e. The number of halogens is 4. The van der Waals surface area contributed by atoms with Crippen LogP contribution >= 0.6 is 0 Å². The Morgan fingerprint density at radius 1 is 1.48 bits per heavy atom. The van der Waals surface area contributed by atoms with Gasteiger partial charge in [0.05, 0.1) is 24.0 Å². The monoisotopic (exact) mass is 335 g/mol. The molecule has 2 rings (SSSR count). The molecular formula is C15H17F4NO3. The first-order valence-corrected chi connectivity index (χ1v) is 7.18. The zero-order valence-corrected chi connectivity index (χ0v) is 12.5. The molecule has 0 aromatic heterocycles. The highest BCUT2D eigenvalue weighted by atomic mass is 19.4. The number of amides is 1. The van der Waals surface area contributed by atoms with Crippen LogP contribution in [0.4, 0.5) is 23.2 Å². The third-order valence-corrected chi connectivity index (χ3v) is 3.48. The molecule has 128 valence electrons. The number of rotatable bonds is 5. The third kappa shape index (κ3) is 4.90. The fourth-order valence-electron chi connectivity index (χ4n) is 2.13. The highest BCUT2D eigenvalue weighted by molar-refractivity contribution is 5.94. The molecule has 1 N–H and O–H groups in total. The van der Waals surface area contributed by atoms with Gasteiger partial charge in [-0.05, 0) is 38.0 Å². The topological polar surface area (TPSA) is 47.6 Å². The first kappa shape index (κ1) is 17.7. The number of alkyl halides is 3. The molecule has 0 saturated carbocycles. The summed E-state index contributed by atoms with van der Waals surface area (Å²) in [5.74, 6) is -1.67. The van der Waals surface area contributed by atoms with Gasteiger partial charge >= 0.3 is 6.18 Å². The molecule has 4 nitrogen and oxygen atoms in total. The molecule has 1 aliphatic rings. The molecule has 1 aromatic carbocycles. The van der Waals surface area contributed by atoms with Gasteiger partial charge in [-0.15, -0.1) is 0 Å². The predicted octanol–water partition coefficient (Wildman–Crippen LogP) is 3.37. The molecule has 0 unspecified atom stereocenters. The Bertz CT molecular complexity index is 556. The summed E-state index contributed by atoms with van der Waals surface area (Å²) in [5.41, 5.74) is -1.57. The zero-order valence-electron chi connectivity index (χ0n) is 12.5. The lowest BCUT2D eigenvalue weighted by molar-refractivity contribution is -0.137. The third-order valence-electron chi connectivity index (χ3n) is 3.48. The van der Waals surface area contributed by atoms with E-state index in [2.05, 4.69) is 5.32 Å². The van der Waals surface area contributed by atoms with Crippen LogP contribution in [0.1, 0.15) is 25.3 Å². The van der Waals surface area contributed by atoms with Crippen molar-refractivity contribution in [2.45, 2.75) is 38.1 Å². The maximum absolute atomic E-state index is 13.6. The molecule has 1 amide bonds. The quantitative estimate of drug-likeness (QED) is 0.840. The number of benzene rings is 1. The van der Waals surface area contributed by atoms with E-state index in [0.29, 0.717) is 24.8 Å². The van der Waals surface area contributed by atoms with Crippen LogP contribution in [-0.4, -0.2) is 31.3 Å². The number of anilines is 1. The molecule has 0 radical (unpaired) electrons. The van der Waals surface area contributed by atoms with E-state index in [9.17, 15) is 22.4 Å². The molecule has 8 heteroatoms. The second kappa shape index (κ2) is 7.27. The Kier molecular flexibility index (Phi) is 5.59. The molecular weight excluding hydrogens is 318 g/mol. The van der Waals surface area contributed by atoms with Gasteiger partial charge in [0.15, 0.2) is 0 Å². The Labute approximate surface area is 130 Å². The molecule has 1 aromatic rings. The predicted molar refractivity (Wildman–Crippen MR) is 74.4 cm³/mol. The summed E-state index contributed by atoms with van der Waals surface area (Å²) in [6.07, 6.45) is -3.89. The molecule has 2 atom stereocenters. The summed E-state index contributed by atoms with van der Waals surface area (Å²) < 4.78 is 62.1. The summed E-state index contributed by atoms with van der Waals surface area (Å²) in [5, 5.41) is 2.12. The number of carbonyl (C=O) groups is 1. The fraction of sp³-hybridized carbons (Fsp3) is 0.533. The largest absolute Gasteiger partial charge is 0.416 e. The van der Waals surface area contributed by atoms with Crippen molar-refractivity contribution >= 4 is 11.6 Å². The Hall–Kier alpha value is -1.67. The molecule has 23 heavy (non-hydrogen) atoms. The Morgan fingerprint density at radius 3 is 2.83 bits per heavy atom. The fourth-order valence-corrected chi connectivity index (χ4v) is 2.13. The summed E-state index contributed by atoms with van der Waals surface area (Å²) >= 11 is 0. The van der Waals surface area contributed by atoms with E-state index >= 15 is 0 Å². The minimum Gasteiger partial charge on any atom is -0.376 e. The van der Waals surface area contributed by atoms with Crippen LogP contribution in [0, 0.1) is 5.82 Å². The number of carbonyl (C=O) groups excluding carboxylic acids is 1. The van der Waals surface area contributed by atoms with Crippen molar-refractivity contribution in [1.29, 1.82) is 0 Å². The molecule has 0 spiro atoms. The summed E-state index contributed by atoms with van der Waals surface area (Å²) in [6.45, 7) is 2.29. The minimum atomic E-state index is -4.62. The van der Waals surface area contributed by atoms with Gasteiger partial charge in [0.1, 0.15) is 11.9 Å². The lowest BCUT2D eigenvalue weighted by Gasteiger charge is -2.17. The van der Waals surface area contributed by atoms with Gasteiger partial charge in [0.2, 0.25) is 0 Å². The Balaban J connectivity index is 1.95. The van der Waals surface area contributed by atoms with Crippen molar-refractivity contribution in [3.05, 3.63) is 29.6 Å². The van der Waals surface area contributed by atoms with Crippen LogP contribution in [0.2, 0.25) is 0 Å². The van der Waals surface area contributed by atoms with Crippen molar-refractivity contribution in [3.8, 4) is 0 Å². The van der Waals surface area contributed by atoms with Gasteiger partial charge in [0.25, 0.3) is 5.91 Å². The first-order valence-electron chi connectivity index (χ1n) is 7.18. The molecule has 1 fully saturated rings. The van der Waals surface area contributed by atoms with Gasteiger partial charge in [-0.3, -0.25) is 4.79 Å². The minimum absolute atomic E-state index is 0.0875. The molecule has 1 heterocycles. The van der Waals surface area contributed by atoms with Crippen LogP contribution in [0.15, 0.2) is 18.2 Å². The van der Waals surface area contributed by atoms with Crippen molar-refractivity contribution < 1.29 is 31.8 Å². The van der Waals surface area contributed by atoms with Gasteiger partial charge in [-0.1, -0.05) is 0 Å². The molecule has 1 aliphatic heterocycles. The van der Waals surface area contributed by atoms with Crippen molar-refractivity contribution in [2.24, 2.45) is 0 Å². The lowest BCUT2D eigenvalue weighted by atomic mass is 10.2. The second-order valence-electron chi connectivity index (χ2n) is 5.29. The Morgan fingerprint density at radius 2 is 2.22 bits per heavy atom. The maximum atomic E-state index is 13.6. The van der Waals surface area contributed by atoms with Gasteiger partial charge in [-0.25, -0.2) is 4.39 Å². The zero-order chi connectivity index (χ0) is 17.0. The number of nitrogens with one attached hydrogen (secondary N) is 1. The number of ether oxygens (including phenoxy) is 2. The van der Waals surface area contributed by atoms with Crippen molar-refractivity contribution in [1.82, 2.24) is 0 Å². The van der Waals surface area contributed by atoms with E-state index in [0.717, 1.165) is 12.8 Å². The van der Waals surface area contributed by atoms with Crippen LogP contribution in [0.3, 0.4) is 0 Å². The van der Waals surface area contributed by atoms with Crippen molar-refractivity contribution in [2.75, 3.05) is 18.5 Å². The van der Waals surface area contributed by atoms with E-state index in [1.165, 1.54) is 6.92 Å².